The first-order valence-corrected chi connectivity index (χ1v) is 5.60. The molecule has 0 spiro atoms. The Morgan fingerprint density at radius 3 is 2.44 bits per heavy atom. The molecule has 1 aromatic rings. The molecule has 16 heavy (non-hydrogen) atoms. The minimum absolute atomic E-state index is 0.0812. The lowest BCUT2D eigenvalue weighted by Crippen LogP contribution is -2.31. The maximum absolute atomic E-state index is 12.2. The van der Waals surface area contributed by atoms with Gasteiger partial charge in [-0.2, -0.15) is 0 Å². The first kappa shape index (κ1) is 12.7. The molecule has 0 saturated carbocycles. The minimum Gasteiger partial charge on any atom is -0.380 e. The van der Waals surface area contributed by atoms with Crippen LogP contribution in [0.3, 0.4) is 0 Å². The van der Waals surface area contributed by atoms with Gasteiger partial charge in [0.1, 0.15) is 0 Å². The van der Waals surface area contributed by atoms with Crippen LogP contribution in [0.1, 0.15) is 29.8 Å². The van der Waals surface area contributed by atoms with Crippen LogP contribution < -0.4 is 0 Å². The van der Waals surface area contributed by atoms with Gasteiger partial charge in [-0.3, -0.25) is 4.79 Å². The summed E-state index contributed by atoms with van der Waals surface area (Å²) in [5, 5.41) is 0. The summed E-state index contributed by atoms with van der Waals surface area (Å²) in [6, 6.07) is 7.60. The molecule has 0 radical (unpaired) electrons. The maximum atomic E-state index is 12.2. The predicted molar refractivity (Wildman–Crippen MR) is 64.4 cm³/mol. The van der Waals surface area contributed by atoms with Crippen molar-refractivity contribution in [2.45, 2.75) is 20.5 Å². The molecule has 1 rings (SSSR count). The van der Waals surface area contributed by atoms with Crippen molar-refractivity contribution < 1.29 is 9.53 Å². The fraction of sp³-hybridized carbons (Fsp3) is 0.462. The van der Waals surface area contributed by atoms with Gasteiger partial charge in [-0.25, -0.2) is 0 Å². The molecule has 0 N–H and O–H groups in total. The minimum atomic E-state index is 0.0812. The lowest BCUT2D eigenvalue weighted by atomic mass is 10.1. The van der Waals surface area contributed by atoms with Gasteiger partial charge in [0, 0.05) is 25.8 Å². The Labute approximate surface area is 97.0 Å². The molecular formula is C13H19NO2. The number of amides is 1. The second-order valence-corrected chi connectivity index (χ2v) is 3.57. The molecular weight excluding hydrogens is 202 g/mol. The van der Waals surface area contributed by atoms with Crippen LogP contribution in [0, 0.1) is 0 Å². The summed E-state index contributed by atoms with van der Waals surface area (Å²) in [4.78, 5) is 14.0. The number of carbonyl (C=O) groups is 1. The Morgan fingerprint density at radius 1 is 1.25 bits per heavy atom. The molecule has 0 aromatic heterocycles. The molecule has 88 valence electrons. The average molecular weight is 221 g/mol. The summed E-state index contributed by atoms with van der Waals surface area (Å²) in [7, 11) is 1.64. The summed E-state index contributed by atoms with van der Waals surface area (Å²) < 4.78 is 5.09. The van der Waals surface area contributed by atoms with Crippen LogP contribution in [0.5, 0.6) is 0 Å². The number of hydrogen-bond acceptors (Lipinski definition) is 2. The topological polar surface area (TPSA) is 29.5 Å². The van der Waals surface area contributed by atoms with Crippen LogP contribution in [0.2, 0.25) is 0 Å². The molecule has 0 saturated heterocycles. The second kappa shape index (κ2) is 6.28. The standard InChI is InChI=1S/C13H19NO2/c1-4-14(5-2)13(15)12-9-7-6-8-11(12)10-16-3/h6-9H,4-5,10H2,1-3H3. The van der Waals surface area contributed by atoms with Gasteiger partial charge in [-0.05, 0) is 25.5 Å². The molecule has 0 bridgehead atoms. The van der Waals surface area contributed by atoms with Gasteiger partial charge in [-0.1, -0.05) is 18.2 Å². The molecule has 1 amide bonds. The number of carbonyl (C=O) groups excluding carboxylic acids is 1. The fourth-order valence-corrected chi connectivity index (χ4v) is 1.69. The van der Waals surface area contributed by atoms with E-state index in [1.807, 2.05) is 43.0 Å². The monoisotopic (exact) mass is 221 g/mol. The largest absolute Gasteiger partial charge is 0.380 e. The van der Waals surface area contributed by atoms with Crippen LogP contribution in [0.4, 0.5) is 0 Å². The smallest absolute Gasteiger partial charge is 0.254 e. The molecule has 0 aliphatic rings. The zero-order valence-corrected chi connectivity index (χ0v) is 10.2. The van der Waals surface area contributed by atoms with E-state index >= 15 is 0 Å². The quantitative estimate of drug-likeness (QED) is 0.763. The van der Waals surface area contributed by atoms with E-state index < -0.39 is 0 Å². The highest BCUT2D eigenvalue weighted by molar-refractivity contribution is 5.95. The van der Waals surface area contributed by atoms with Crippen LogP contribution in [-0.2, 0) is 11.3 Å². The lowest BCUT2D eigenvalue weighted by Gasteiger charge is -2.20. The van der Waals surface area contributed by atoms with Gasteiger partial charge in [0.05, 0.1) is 6.61 Å². The summed E-state index contributed by atoms with van der Waals surface area (Å²) in [5.41, 5.74) is 1.69. The normalized spacial score (nSPS) is 10.2. The summed E-state index contributed by atoms with van der Waals surface area (Å²) >= 11 is 0. The van der Waals surface area contributed by atoms with E-state index in [2.05, 4.69) is 0 Å². The van der Waals surface area contributed by atoms with Crippen LogP contribution in [0.25, 0.3) is 0 Å². The number of rotatable bonds is 5. The lowest BCUT2D eigenvalue weighted by molar-refractivity contribution is 0.0768. The van der Waals surface area contributed by atoms with Crippen molar-refractivity contribution in [1.29, 1.82) is 0 Å². The Balaban J connectivity index is 2.97. The third-order valence-electron chi connectivity index (χ3n) is 2.60. The molecule has 0 aliphatic heterocycles. The van der Waals surface area contributed by atoms with Crippen molar-refractivity contribution in [2.75, 3.05) is 20.2 Å². The molecule has 1 aromatic carbocycles. The predicted octanol–water partition coefficient (Wildman–Crippen LogP) is 2.32. The fourth-order valence-electron chi connectivity index (χ4n) is 1.69. The number of hydrogen-bond donors (Lipinski definition) is 0. The Bertz CT molecular complexity index is 346. The Morgan fingerprint density at radius 2 is 1.88 bits per heavy atom. The van der Waals surface area contributed by atoms with E-state index in [9.17, 15) is 4.79 Å². The zero-order valence-electron chi connectivity index (χ0n) is 10.2. The van der Waals surface area contributed by atoms with E-state index in [1.54, 1.807) is 7.11 Å². The van der Waals surface area contributed by atoms with Gasteiger partial charge in [0.2, 0.25) is 0 Å². The van der Waals surface area contributed by atoms with E-state index in [0.717, 1.165) is 24.2 Å². The summed E-state index contributed by atoms with van der Waals surface area (Å²) in [6.45, 7) is 5.91. The Kier molecular flexibility index (Phi) is 4.99. The van der Waals surface area contributed by atoms with Gasteiger partial charge in [0.25, 0.3) is 5.91 Å². The second-order valence-electron chi connectivity index (χ2n) is 3.57. The molecule has 0 heterocycles. The van der Waals surface area contributed by atoms with Crippen molar-refractivity contribution in [3.05, 3.63) is 35.4 Å². The van der Waals surface area contributed by atoms with Gasteiger partial charge in [-0.15, -0.1) is 0 Å². The highest BCUT2D eigenvalue weighted by Gasteiger charge is 2.15. The molecule has 3 heteroatoms. The zero-order chi connectivity index (χ0) is 12.0. The SMILES string of the molecule is CCN(CC)C(=O)c1ccccc1COC. The summed E-state index contributed by atoms with van der Waals surface area (Å²) in [6.07, 6.45) is 0. The van der Waals surface area contributed by atoms with Crippen molar-refractivity contribution in [1.82, 2.24) is 4.90 Å². The van der Waals surface area contributed by atoms with Crippen molar-refractivity contribution in [3.8, 4) is 0 Å². The van der Waals surface area contributed by atoms with E-state index in [-0.39, 0.29) is 5.91 Å². The van der Waals surface area contributed by atoms with E-state index in [0.29, 0.717) is 6.61 Å². The molecule has 0 unspecified atom stereocenters. The van der Waals surface area contributed by atoms with Gasteiger partial charge < -0.3 is 9.64 Å². The van der Waals surface area contributed by atoms with E-state index in [1.165, 1.54) is 0 Å². The molecule has 0 fully saturated rings. The number of methoxy groups -OCH3 is 1. The van der Waals surface area contributed by atoms with Gasteiger partial charge >= 0.3 is 0 Å². The van der Waals surface area contributed by atoms with Crippen molar-refractivity contribution in [2.24, 2.45) is 0 Å². The third-order valence-corrected chi connectivity index (χ3v) is 2.60. The van der Waals surface area contributed by atoms with Crippen LogP contribution in [-0.4, -0.2) is 31.0 Å². The highest BCUT2D eigenvalue weighted by Crippen LogP contribution is 2.12. The van der Waals surface area contributed by atoms with Crippen molar-refractivity contribution in [3.63, 3.8) is 0 Å². The van der Waals surface area contributed by atoms with Crippen LogP contribution in [0.15, 0.2) is 24.3 Å². The number of benzene rings is 1. The van der Waals surface area contributed by atoms with Gasteiger partial charge in [0.15, 0.2) is 0 Å². The van der Waals surface area contributed by atoms with Crippen molar-refractivity contribution >= 4 is 5.91 Å². The molecule has 3 nitrogen and oxygen atoms in total. The third kappa shape index (κ3) is 2.83. The first-order chi connectivity index (χ1) is 7.74. The Hall–Kier alpha value is -1.35. The molecule has 0 atom stereocenters. The highest BCUT2D eigenvalue weighted by atomic mass is 16.5. The first-order valence-electron chi connectivity index (χ1n) is 5.60. The van der Waals surface area contributed by atoms with E-state index in [4.69, 9.17) is 4.74 Å². The summed E-state index contributed by atoms with van der Waals surface area (Å²) in [5.74, 6) is 0.0812. The number of ether oxygens (including phenoxy) is 1. The average Bonchev–Trinajstić information content (AvgIpc) is 2.31. The maximum Gasteiger partial charge on any atom is 0.254 e. The number of nitrogens with zero attached hydrogens (tertiary/aromatic N) is 1. The molecule has 0 aliphatic carbocycles. The van der Waals surface area contributed by atoms with Crippen LogP contribution >= 0.6 is 0 Å².